The molecule has 0 saturated carbocycles. The number of halogens is 3. The van der Waals surface area contributed by atoms with Gasteiger partial charge >= 0.3 is 6.18 Å². The Labute approximate surface area is 225 Å². The minimum atomic E-state index is -4.58. The van der Waals surface area contributed by atoms with Gasteiger partial charge in [0.2, 0.25) is 0 Å². The maximum Gasteiger partial charge on any atom is 0.416 e. The van der Waals surface area contributed by atoms with Crippen LogP contribution in [0.3, 0.4) is 0 Å². The van der Waals surface area contributed by atoms with Crippen molar-refractivity contribution in [1.29, 1.82) is 0 Å². The molecule has 5 heterocycles. The van der Waals surface area contributed by atoms with Gasteiger partial charge in [-0.1, -0.05) is 11.2 Å². The predicted molar refractivity (Wildman–Crippen MR) is 139 cm³/mol. The number of fused-ring (bicyclic) bond motifs is 3. The molecule has 3 aromatic rings. The van der Waals surface area contributed by atoms with Crippen LogP contribution in [0.2, 0.25) is 0 Å². The topological polar surface area (TPSA) is 123 Å². The van der Waals surface area contributed by atoms with Crippen molar-refractivity contribution in [2.24, 2.45) is 4.99 Å². The zero-order chi connectivity index (χ0) is 28.0. The van der Waals surface area contributed by atoms with E-state index in [0.717, 1.165) is 46.4 Å². The average molecular weight is 547 g/mol. The maximum absolute atomic E-state index is 13.1. The molecular formula is C27H21F3N8O2. The van der Waals surface area contributed by atoms with Gasteiger partial charge in [-0.05, 0) is 55.3 Å². The van der Waals surface area contributed by atoms with Crippen molar-refractivity contribution in [2.75, 3.05) is 17.2 Å². The van der Waals surface area contributed by atoms with Gasteiger partial charge in [0.15, 0.2) is 0 Å². The second-order valence-electron chi connectivity index (χ2n) is 9.26. The molecule has 0 radical (unpaired) electrons. The first kappa shape index (κ1) is 25.2. The Balaban J connectivity index is 1.37. The lowest BCUT2D eigenvalue weighted by molar-refractivity contribution is -0.137. The van der Waals surface area contributed by atoms with E-state index in [9.17, 15) is 18.0 Å². The molecule has 2 aromatic heterocycles. The first-order valence-corrected chi connectivity index (χ1v) is 12.2. The van der Waals surface area contributed by atoms with Gasteiger partial charge in [0, 0.05) is 48.4 Å². The van der Waals surface area contributed by atoms with E-state index in [-0.39, 0.29) is 11.3 Å². The Kier molecular flexibility index (Phi) is 6.05. The number of carbonyl (C=O) groups is 1. The van der Waals surface area contributed by atoms with Gasteiger partial charge in [-0.15, -0.1) is 0 Å². The minimum absolute atomic E-state index is 0.238. The summed E-state index contributed by atoms with van der Waals surface area (Å²) in [5.41, 5.74) is 3.45. The number of pyridine rings is 2. The summed E-state index contributed by atoms with van der Waals surface area (Å²) in [5.74, 6) is 1.08. The van der Waals surface area contributed by atoms with E-state index >= 15 is 0 Å². The number of anilines is 2. The fraction of sp³-hybridized carbons (Fsp3) is 0.185. The Hall–Kier alpha value is -5.07. The van der Waals surface area contributed by atoms with Gasteiger partial charge in [-0.3, -0.25) is 9.78 Å². The number of amides is 1. The van der Waals surface area contributed by atoms with E-state index in [0.29, 0.717) is 36.2 Å². The number of nitrogens with zero attached hydrogens (tertiary/aromatic N) is 6. The molecular weight excluding hydrogens is 525 g/mol. The molecule has 1 aromatic carbocycles. The van der Waals surface area contributed by atoms with E-state index in [4.69, 9.17) is 4.52 Å². The van der Waals surface area contributed by atoms with E-state index < -0.39 is 17.6 Å². The van der Waals surface area contributed by atoms with Crippen molar-refractivity contribution in [1.82, 2.24) is 24.7 Å². The fourth-order valence-corrected chi connectivity index (χ4v) is 4.54. The van der Waals surface area contributed by atoms with E-state index in [2.05, 4.69) is 35.7 Å². The lowest BCUT2D eigenvalue weighted by atomic mass is 9.98. The zero-order valence-corrected chi connectivity index (χ0v) is 21.2. The molecule has 0 fully saturated rings. The molecule has 1 amide bonds. The summed E-state index contributed by atoms with van der Waals surface area (Å²) in [6.45, 7) is 5.07. The molecule has 40 heavy (non-hydrogen) atoms. The molecule has 0 aliphatic carbocycles. The standard InChI is InChI=1S/C27H21F3N8O2/c1-14-3-4-18(34-25(39)21-11-17(5-6-31-21)27(28,29)30)12-19(14)20-10-16-13-33-26(35-22-9-15(2)37-40-22)36-23(16)38-8-7-32-24(20)38/h3-6,9-13,32H,7-8H2,1-2H3,(H,34,39). The summed E-state index contributed by atoms with van der Waals surface area (Å²) in [6.07, 6.45) is -1.93. The van der Waals surface area contributed by atoms with Crippen molar-refractivity contribution in [3.05, 3.63) is 83.0 Å². The van der Waals surface area contributed by atoms with Gasteiger partial charge in [0.1, 0.15) is 17.3 Å². The number of aryl methyl sites for hydroxylation is 2. The van der Waals surface area contributed by atoms with Crippen molar-refractivity contribution >= 4 is 23.3 Å². The summed E-state index contributed by atoms with van der Waals surface area (Å²) in [4.78, 5) is 29.9. The highest BCUT2D eigenvalue weighted by molar-refractivity contribution is 6.03. The number of nitrogens with one attached hydrogen (secondary N) is 2. The molecule has 0 saturated heterocycles. The van der Waals surface area contributed by atoms with Crippen LogP contribution >= 0.6 is 0 Å². The molecule has 0 spiro atoms. The number of carbonyl (C=O) groups excluding carboxylic acids is 1. The second-order valence-corrected chi connectivity index (χ2v) is 9.26. The third-order valence-electron chi connectivity index (χ3n) is 6.42. The van der Waals surface area contributed by atoms with Crippen LogP contribution in [0.25, 0.3) is 22.5 Å². The van der Waals surface area contributed by atoms with Crippen LogP contribution < -0.4 is 16.3 Å². The molecule has 0 unspecified atom stereocenters. The quantitative estimate of drug-likeness (QED) is 0.326. The average Bonchev–Trinajstić information content (AvgIpc) is 3.58. The van der Waals surface area contributed by atoms with Crippen LogP contribution in [-0.4, -0.2) is 37.1 Å². The third-order valence-corrected chi connectivity index (χ3v) is 6.42. The number of hydrogen-bond acceptors (Lipinski definition) is 8. The first-order chi connectivity index (χ1) is 19.2. The highest BCUT2D eigenvalue weighted by atomic mass is 19.4. The molecule has 2 N–H and O–H groups in total. The van der Waals surface area contributed by atoms with Gasteiger partial charge in [0.25, 0.3) is 17.4 Å². The lowest BCUT2D eigenvalue weighted by Gasteiger charge is -2.19. The molecule has 3 aliphatic rings. The van der Waals surface area contributed by atoms with E-state index in [1.54, 1.807) is 31.3 Å². The molecule has 3 aliphatic heterocycles. The molecule has 202 valence electrons. The maximum atomic E-state index is 13.1. The van der Waals surface area contributed by atoms with Gasteiger partial charge in [-0.25, -0.2) is 4.98 Å². The van der Waals surface area contributed by atoms with Crippen molar-refractivity contribution in [3.8, 4) is 22.5 Å². The normalized spacial score (nSPS) is 13.4. The minimum Gasteiger partial charge on any atom is -0.369 e. The molecule has 10 nitrogen and oxygen atoms in total. The summed E-state index contributed by atoms with van der Waals surface area (Å²) in [5, 5.41) is 9.90. The summed E-state index contributed by atoms with van der Waals surface area (Å²) >= 11 is 0. The van der Waals surface area contributed by atoms with Crippen LogP contribution in [0.15, 0.2) is 64.4 Å². The lowest BCUT2D eigenvalue weighted by Crippen LogP contribution is -2.17. The molecule has 13 heteroatoms. The van der Waals surface area contributed by atoms with Crippen LogP contribution in [0.4, 0.5) is 30.6 Å². The number of rotatable bonds is 4. The Morgan fingerprint density at radius 1 is 1.10 bits per heavy atom. The summed E-state index contributed by atoms with van der Waals surface area (Å²) < 4.78 is 46.5. The van der Waals surface area contributed by atoms with Crippen molar-refractivity contribution in [3.63, 3.8) is 0 Å². The number of aromatic nitrogens is 5. The van der Waals surface area contributed by atoms with Crippen molar-refractivity contribution < 1.29 is 22.5 Å². The second kappa shape index (κ2) is 9.59. The molecule has 6 rings (SSSR count). The number of benzene rings is 1. The monoisotopic (exact) mass is 546 g/mol. The van der Waals surface area contributed by atoms with Crippen LogP contribution in [0.1, 0.15) is 27.3 Å². The highest BCUT2D eigenvalue weighted by Crippen LogP contribution is 2.39. The van der Waals surface area contributed by atoms with Crippen LogP contribution in [-0.2, 0) is 12.7 Å². The summed E-state index contributed by atoms with van der Waals surface area (Å²) in [6, 6.07) is 10.5. The fourth-order valence-electron chi connectivity index (χ4n) is 4.54. The van der Waals surface area contributed by atoms with E-state index in [1.165, 1.54) is 0 Å². The van der Waals surface area contributed by atoms with E-state index in [1.807, 2.05) is 23.6 Å². The smallest absolute Gasteiger partial charge is 0.369 e. The molecule has 0 atom stereocenters. The zero-order valence-electron chi connectivity index (χ0n) is 21.2. The van der Waals surface area contributed by atoms with Gasteiger partial charge in [-0.2, -0.15) is 23.1 Å². The first-order valence-electron chi connectivity index (χ1n) is 12.2. The predicted octanol–water partition coefficient (Wildman–Crippen LogP) is 4.98. The largest absolute Gasteiger partial charge is 0.416 e. The van der Waals surface area contributed by atoms with Crippen LogP contribution in [0, 0.1) is 13.8 Å². The summed E-state index contributed by atoms with van der Waals surface area (Å²) in [7, 11) is 0. The highest BCUT2D eigenvalue weighted by Gasteiger charge is 2.31. The van der Waals surface area contributed by atoms with Gasteiger partial charge in [0.05, 0.1) is 11.3 Å². The van der Waals surface area contributed by atoms with Crippen molar-refractivity contribution in [2.45, 2.75) is 26.6 Å². The number of alkyl halides is 3. The Bertz CT molecular complexity index is 1810. The van der Waals surface area contributed by atoms with Gasteiger partial charge < -0.3 is 19.7 Å². The number of hydrogen-bond donors (Lipinski definition) is 2. The Morgan fingerprint density at radius 2 is 1.95 bits per heavy atom. The third kappa shape index (κ3) is 4.77. The SMILES string of the molecule is Cc1cc(N=c2ncc3cc(-c4cc(NC(=O)c5cc(C(F)(F)F)ccn5)ccc4C)c4n(c-3n2)CCN4)on1. The Morgan fingerprint density at radius 3 is 2.73 bits per heavy atom. The van der Waals surface area contributed by atoms with Crippen LogP contribution in [0.5, 0.6) is 0 Å². The molecule has 0 bridgehead atoms.